The maximum atomic E-state index is 11.0. The van der Waals surface area contributed by atoms with Crippen molar-refractivity contribution in [3.05, 3.63) is 22.7 Å². The molecule has 0 aliphatic carbocycles. The second-order valence-corrected chi connectivity index (χ2v) is 7.49. The number of anilines is 1. The molecule has 1 aliphatic heterocycles. The molecule has 25 heavy (non-hydrogen) atoms. The molecule has 1 amide bonds. The third-order valence-corrected chi connectivity index (χ3v) is 5.04. The molecule has 1 fully saturated rings. The summed E-state index contributed by atoms with van der Waals surface area (Å²) in [6.45, 7) is 9.86. The van der Waals surface area contributed by atoms with Gasteiger partial charge in [-0.15, -0.1) is 11.3 Å². The van der Waals surface area contributed by atoms with E-state index in [2.05, 4.69) is 38.7 Å². The Balaban J connectivity index is 1.71. The van der Waals surface area contributed by atoms with Crippen molar-refractivity contribution in [1.29, 1.82) is 0 Å². The number of nitrogens with one attached hydrogen (secondary N) is 2. The normalized spacial score (nSPS) is 16.8. The van der Waals surface area contributed by atoms with Gasteiger partial charge in [-0.3, -0.25) is 4.79 Å². The maximum absolute atomic E-state index is 11.0. The van der Waals surface area contributed by atoms with Gasteiger partial charge < -0.3 is 15.6 Å². The van der Waals surface area contributed by atoms with Gasteiger partial charge >= 0.3 is 0 Å². The summed E-state index contributed by atoms with van der Waals surface area (Å²) >= 11 is 1.57. The average molecular weight is 364 g/mol. The molecule has 2 rings (SSSR count). The lowest BCUT2D eigenvalue weighted by Gasteiger charge is -2.28. The minimum absolute atomic E-state index is 0.0685. The smallest absolute Gasteiger partial charge is 0.223 e. The summed E-state index contributed by atoms with van der Waals surface area (Å²) < 4.78 is 0. The van der Waals surface area contributed by atoms with Gasteiger partial charge in [0.2, 0.25) is 5.91 Å². The largest absolute Gasteiger partial charge is 0.311 e. The number of nitrogens with zero attached hydrogens (tertiary/aromatic N) is 3. The molecule has 0 spiro atoms. The van der Waals surface area contributed by atoms with Gasteiger partial charge in [-0.1, -0.05) is 18.6 Å². The number of thiazole rings is 1. The van der Waals surface area contributed by atoms with E-state index in [4.69, 9.17) is 0 Å². The molecule has 7 heteroatoms. The lowest BCUT2D eigenvalue weighted by atomic mass is 9.99. The predicted octanol–water partition coefficient (Wildman–Crippen LogP) is 2.90. The number of likely N-dealkylation sites (tertiary alicyclic amines) is 1. The lowest BCUT2D eigenvalue weighted by molar-refractivity contribution is -0.114. The van der Waals surface area contributed by atoms with Crippen LogP contribution >= 0.6 is 11.3 Å². The Morgan fingerprint density at radius 1 is 1.48 bits per heavy atom. The van der Waals surface area contributed by atoms with Crippen molar-refractivity contribution >= 4 is 28.6 Å². The average Bonchev–Trinajstić information content (AvgIpc) is 3.01. The molecule has 0 saturated carbocycles. The Morgan fingerprint density at radius 3 is 2.92 bits per heavy atom. The summed E-state index contributed by atoms with van der Waals surface area (Å²) in [5, 5.41) is 7.62. The molecule has 1 aromatic heterocycles. The van der Waals surface area contributed by atoms with Crippen LogP contribution in [0.2, 0.25) is 0 Å². The minimum atomic E-state index is -0.0685. The van der Waals surface area contributed by atoms with Crippen molar-refractivity contribution in [2.45, 2.75) is 40.0 Å². The number of hydrazone groups is 1. The number of carbonyl (C=O) groups is 1. The fraction of sp³-hybridized carbons (Fsp3) is 0.611. The number of aromatic nitrogens is 1. The number of hydrogen-bond acceptors (Lipinski definition) is 6. The fourth-order valence-corrected chi connectivity index (χ4v) is 3.65. The maximum Gasteiger partial charge on any atom is 0.223 e. The van der Waals surface area contributed by atoms with Gasteiger partial charge in [0.15, 0.2) is 5.13 Å². The van der Waals surface area contributed by atoms with Crippen LogP contribution in [0.15, 0.2) is 22.9 Å². The van der Waals surface area contributed by atoms with Crippen LogP contribution in [-0.2, 0) is 11.2 Å². The van der Waals surface area contributed by atoms with Crippen molar-refractivity contribution in [3.8, 4) is 0 Å². The Hall–Kier alpha value is -1.73. The van der Waals surface area contributed by atoms with Crippen LogP contribution in [-0.4, -0.2) is 48.2 Å². The molecule has 1 aromatic rings. The Bertz CT molecular complexity index is 600. The van der Waals surface area contributed by atoms with Crippen molar-refractivity contribution in [2.24, 2.45) is 11.0 Å². The molecule has 0 aromatic carbocycles. The zero-order chi connectivity index (χ0) is 18.1. The van der Waals surface area contributed by atoms with Crippen LogP contribution in [0.3, 0.4) is 0 Å². The van der Waals surface area contributed by atoms with Gasteiger partial charge in [0.1, 0.15) is 0 Å². The summed E-state index contributed by atoms with van der Waals surface area (Å²) in [6, 6.07) is 0. The molecule has 0 bridgehead atoms. The molecule has 138 valence electrons. The summed E-state index contributed by atoms with van der Waals surface area (Å²) in [7, 11) is 0. The molecular formula is C18H29N5OS. The standard InChI is InChI=1S/C18H29N5OS/c1-4-20-21-12-14(2)11-16-5-8-23(9-6-16)10-7-17-13-19-18(25-17)22-15(3)24/h11-14,20H,4-10H2,1-3H3,(H,19,22,24)/b21-12-. The third-order valence-electron chi connectivity index (χ3n) is 4.07. The highest BCUT2D eigenvalue weighted by molar-refractivity contribution is 7.15. The first-order chi connectivity index (χ1) is 12.1. The first-order valence-corrected chi connectivity index (χ1v) is 9.78. The van der Waals surface area contributed by atoms with E-state index in [1.54, 1.807) is 11.3 Å². The number of rotatable bonds is 8. The second kappa shape index (κ2) is 10.3. The van der Waals surface area contributed by atoms with Crippen molar-refractivity contribution < 1.29 is 4.79 Å². The lowest BCUT2D eigenvalue weighted by Crippen LogP contribution is -2.32. The van der Waals surface area contributed by atoms with E-state index >= 15 is 0 Å². The van der Waals surface area contributed by atoms with Crippen molar-refractivity contribution in [2.75, 3.05) is 31.5 Å². The number of carbonyl (C=O) groups excluding carboxylic acids is 1. The van der Waals surface area contributed by atoms with Crippen LogP contribution < -0.4 is 10.7 Å². The summed E-state index contributed by atoms with van der Waals surface area (Å²) in [5.41, 5.74) is 4.51. The highest BCUT2D eigenvalue weighted by atomic mass is 32.1. The number of amides is 1. The van der Waals surface area contributed by atoms with Crippen LogP contribution in [0.4, 0.5) is 5.13 Å². The number of allylic oxidation sites excluding steroid dienone is 1. The molecule has 6 nitrogen and oxygen atoms in total. The first-order valence-electron chi connectivity index (χ1n) is 8.97. The summed E-state index contributed by atoms with van der Waals surface area (Å²) in [4.78, 5) is 19.0. The van der Waals surface area contributed by atoms with Crippen LogP contribution in [0, 0.1) is 5.92 Å². The van der Waals surface area contributed by atoms with Crippen LogP contribution in [0.5, 0.6) is 0 Å². The van der Waals surface area contributed by atoms with Crippen LogP contribution in [0.25, 0.3) is 0 Å². The van der Waals surface area contributed by atoms with Gasteiger partial charge in [-0.25, -0.2) is 4.98 Å². The molecule has 1 atom stereocenters. The zero-order valence-electron chi connectivity index (χ0n) is 15.4. The van der Waals surface area contributed by atoms with E-state index in [1.165, 1.54) is 17.4 Å². The quantitative estimate of drug-likeness (QED) is 0.423. The van der Waals surface area contributed by atoms with Crippen molar-refractivity contribution in [3.63, 3.8) is 0 Å². The Kier molecular flexibility index (Phi) is 8.08. The SMILES string of the molecule is CCN/N=C\C(C)C=C1CCN(CCc2cnc(NC(C)=O)s2)CC1. The summed E-state index contributed by atoms with van der Waals surface area (Å²) in [6.07, 6.45) is 9.46. The molecule has 2 heterocycles. The van der Waals surface area contributed by atoms with E-state index in [1.807, 2.05) is 19.3 Å². The van der Waals surface area contributed by atoms with Gasteiger partial charge in [0, 0.05) is 56.3 Å². The molecule has 0 radical (unpaired) electrons. The first kappa shape index (κ1) is 19.6. The predicted molar refractivity (Wildman–Crippen MR) is 105 cm³/mol. The van der Waals surface area contributed by atoms with Gasteiger partial charge in [-0.05, 0) is 26.2 Å². The van der Waals surface area contributed by atoms with E-state index in [0.717, 1.165) is 45.4 Å². The molecule has 1 unspecified atom stereocenters. The van der Waals surface area contributed by atoms with Gasteiger partial charge in [-0.2, -0.15) is 5.10 Å². The van der Waals surface area contributed by atoms with Gasteiger partial charge in [0.25, 0.3) is 0 Å². The van der Waals surface area contributed by atoms with Gasteiger partial charge in [0.05, 0.1) is 0 Å². The van der Waals surface area contributed by atoms with E-state index in [0.29, 0.717) is 11.0 Å². The molecule has 2 N–H and O–H groups in total. The number of hydrogen-bond donors (Lipinski definition) is 2. The fourth-order valence-electron chi connectivity index (χ4n) is 2.81. The van der Waals surface area contributed by atoms with E-state index in [9.17, 15) is 4.79 Å². The van der Waals surface area contributed by atoms with Crippen molar-refractivity contribution in [1.82, 2.24) is 15.3 Å². The highest BCUT2D eigenvalue weighted by Gasteiger charge is 2.14. The Labute approximate surface area is 154 Å². The van der Waals surface area contributed by atoms with Crippen LogP contribution in [0.1, 0.15) is 38.5 Å². The van der Waals surface area contributed by atoms with E-state index < -0.39 is 0 Å². The topological polar surface area (TPSA) is 69.6 Å². The molecule has 1 saturated heterocycles. The molecule has 1 aliphatic rings. The minimum Gasteiger partial charge on any atom is -0.311 e. The summed E-state index contributed by atoms with van der Waals surface area (Å²) in [5.74, 6) is 0.311. The molecular weight excluding hydrogens is 334 g/mol. The second-order valence-electron chi connectivity index (χ2n) is 6.38. The monoisotopic (exact) mass is 363 g/mol. The third kappa shape index (κ3) is 7.36. The number of piperidine rings is 1. The Morgan fingerprint density at radius 2 is 2.24 bits per heavy atom. The zero-order valence-corrected chi connectivity index (χ0v) is 16.2. The van der Waals surface area contributed by atoms with E-state index in [-0.39, 0.29) is 5.91 Å². The highest BCUT2D eigenvalue weighted by Crippen LogP contribution is 2.21.